The SMILES string of the molecule is N/N=C(/C[C@H]1OC(=O)c2ccccc21)c1ccco1. The van der Waals surface area contributed by atoms with Gasteiger partial charge in [-0.3, -0.25) is 0 Å². The maximum atomic E-state index is 11.7. The molecule has 5 nitrogen and oxygen atoms in total. The van der Waals surface area contributed by atoms with Crippen LogP contribution < -0.4 is 5.84 Å². The summed E-state index contributed by atoms with van der Waals surface area (Å²) in [4.78, 5) is 11.7. The van der Waals surface area contributed by atoms with Crippen LogP contribution in [0.15, 0.2) is 52.2 Å². The van der Waals surface area contributed by atoms with E-state index in [0.717, 1.165) is 5.56 Å². The molecule has 2 N–H and O–H groups in total. The minimum atomic E-state index is -0.365. The monoisotopic (exact) mass is 256 g/mol. The summed E-state index contributed by atoms with van der Waals surface area (Å²) < 4.78 is 10.6. The summed E-state index contributed by atoms with van der Waals surface area (Å²) in [5.41, 5.74) is 2.03. The molecule has 5 heteroatoms. The Morgan fingerprint density at radius 1 is 1.26 bits per heavy atom. The zero-order valence-corrected chi connectivity index (χ0v) is 10.1. The van der Waals surface area contributed by atoms with Gasteiger partial charge in [0.05, 0.1) is 11.8 Å². The van der Waals surface area contributed by atoms with Crippen molar-refractivity contribution in [2.75, 3.05) is 0 Å². The molecule has 0 unspecified atom stereocenters. The lowest BCUT2D eigenvalue weighted by molar-refractivity contribution is 0.0400. The van der Waals surface area contributed by atoms with Gasteiger partial charge in [-0.1, -0.05) is 18.2 Å². The highest BCUT2D eigenvalue weighted by atomic mass is 16.5. The number of nitrogens with two attached hydrogens (primary N) is 1. The number of esters is 1. The van der Waals surface area contributed by atoms with Gasteiger partial charge in [0.1, 0.15) is 17.6 Å². The van der Waals surface area contributed by atoms with Crippen LogP contribution in [0.3, 0.4) is 0 Å². The van der Waals surface area contributed by atoms with E-state index >= 15 is 0 Å². The molecule has 3 rings (SSSR count). The molecule has 0 bridgehead atoms. The van der Waals surface area contributed by atoms with Crippen molar-refractivity contribution in [1.82, 2.24) is 0 Å². The van der Waals surface area contributed by atoms with Gasteiger partial charge in [-0.05, 0) is 18.2 Å². The lowest BCUT2D eigenvalue weighted by Crippen LogP contribution is -2.10. The minimum absolute atomic E-state index is 0.309. The third-order valence-corrected chi connectivity index (χ3v) is 3.12. The van der Waals surface area contributed by atoms with Gasteiger partial charge >= 0.3 is 5.97 Å². The summed E-state index contributed by atoms with van der Waals surface area (Å²) in [5.74, 6) is 5.66. The van der Waals surface area contributed by atoms with E-state index in [2.05, 4.69) is 5.10 Å². The number of furan rings is 1. The molecule has 2 aromatic rings. The van der Waals surface area contributed by atoms with Gasteiger partial charge in [-0.15, -0.1) is 0 Å². The van der Waals surface area contributed by atoms with Crippen LogP contribution in [0, 0.1) is 0 Å². The van der Waals surface area contributed by atoms with Gasteiger partial charge in [0.2, 0.25) is 0 Å². The number of carbonyl (C=O) groups is 1. The predicted octanol–water partition coefficient (Wildman–Crippen LogP) is 2.24. The Labute approximate surface area is 109 Å². The van der Waals surface area contributed by atoms with Crippen LogP contribution in [0.1, 0.15) is 34.2 Å². The molecule has 0 fully saturated rings. The second-order valence-electron chi connectivity index (χ2n) is 4.24. The fourth-order valence-corrected chi connectivity index (χ4v) is 2.21. The zero-order chi connectivity index (χ0) is 13.2. The van der Waals surface area contributed by atoms with Crippen molar-refractivity contribution in [2.24, 2.45) is 10.9 Å². The summed E-state index contributed by atoms with van der Waals surface area (Å²) in [6, 6.07) is 10.8. The number of hydrogen-bond acceptors (Lipinski definition) is 5. The van der Waals surface area contributed by atoms with Crippen LogP contribution in [0.4, 0.5) is 0 Å². The molecule has 2 heterocycles. The molecular formula is C14H12N2O3. The van der Waals surface area contributed by atoms with Gasteiger partial charge in [0, 0.05) is 12.0 Å². The maximum Gasteiger partial charge on any atom is 0.339 e. The van der Waals surface area contributed by atoms with Crippen molar-refractivity contribution in [1.29, 1.82) is 0 Å². The number of fused-ring (bicyclic) bond motifs is 1. The fraction of sp³-hybridized carbons (Fsp3) is 0.143. The Kier molecular flexibility index (Phi) is 2.79. The molecule has 96 valence electrons. The van der Waals surface area contributed by atoms with E-state index < -0.39 is 0 Å². The largest absolute Gasteiger partial charge is 0.463 e. The van der Waals surface area contributed by atoms with E-state index in [9.17, 15) is 4.79 Å². The number of hydrazone groups is 1. The topological polar surface area (TPSA) is 77.8 Å². The number of ether oxygens (including phenoxy) is 1. The Morgan fingerprint density at radius 3 is 2.84 bits per heavy atom. The number of nitrogens with zero attached hydrogens (tertiary/aromatic N) is 1. The first-order valence-electron chi connectivity index (χ1n) is 5.90. The third kappa shape index (κ3) is 1.99. The Bertz CT molecular complexity index is 632. The Morgan fingerprint density at radius 2 is 2.11 bits per heavy atom. The summed E-state index contributed by atoms with van der Waals surface area (Å²) >= 11 is 0. The third-order valence-electron chi connectivity index (χ3n) is 3.12. The van der Waals surface area contributed by atoms with Crippen LogP contribution in [0.5, 0.6) is 0 Å². The molecule has 0 spiro atoms. The fourth-order valence-electron chi connectivity index (χ4n) is 2.21. The van der Waals surface area contributed by atoms with E-state index in [0.29, 0.717) is 23.5 Å². The second-order valence-corrected chi connectivity index (χ2v) is 4.24. The van der Waals surface area contributed by atoms with Crippen molar-refractivity contribution < 1.29 is 13.9 Å². The van der Waals surface area contributed by atoms with Gasteiger partial charge in [0.25, 0.3) is 0 Å². The molecule has 0 saturated carbocycles. The zero-order valence-electron chi connectivity index (χ0n) is 10.1. The van der Waals surface area contributed by atoms with Crippen LogP contribution >= 0.6 is 0 Å². The average molecular weight is 256 g/mol. The Balaban J connectivity index is 1.88. The van der Waals surface area contributed by atoms with E-state index in [4.69, 9.17) is 15.0 Å². The highest BCUT2D eigenvalue weighted by molar-refractivity contribution is 6.00. The molecule has 0 radical (unpaired) electrons. The lowest BCUT2D eigenvalue weighted by atomic mass is 10.0. The van der Waals surface area contributed by atoms with Crippen molar-refractivity contribution in [3.05, 3.63) is 59.5 Å². The molecule has 0 aliphatic carbocycles. The quantitative estimate of drug-likeness (QED) is 0.395. The molecule has 1 aliphatic heterocycles. The van der Waals surface area contributed by atoms with Gasteiger partial charge in [-0.2, -0.15) is 5.10 Å². The van der Waals surface area contributed by atoms with Crippen LogP contribution in [-0.2, 0) is 4.74 Å². The molecule has 1 aromatic heterocycles. The predicted molar refractivity (Wildman–Crippen MR) is 68.6 cm³/mol. The number of hydrogen-bond donors (Lipinski definition) is 1. The smallest absolute Gasteiger partial charge is 0.339 e. The van der Waals surface area contributed by atoms with Gasteiger partial charge in [0.15, 0.2) is 0 Å². The first kappa shape index (κ1) is 11.5. The average Bonchev–Trinajstić information content (AvgIpc) is 3.06. The molecule has 19 heavy (non-hydrogen) atoms. The van der Waals surface area contributed by atoms with Crippen molar-refractivity contribution in [3.8, 4) is 0 Å². The van der Waals surface area contributed by atoms with Gasteiger partial charge in [-0.25, -0.2) is 4.79 Å². The summed E-state index contributed by atoms with van der Waals surface area (Å²) in [6.07, 6.45) is 1.58. The van der Waals surface area contributed by atoms with Crippen molar-refractivity contribution >= 4 is 11.7 Å². The molecule has 1 aliphatic rings. The molecule has 1 aromatic carbocycles. The number of rotatable bonds is 3. The molecule has 1 atom stereocenters. The van der Waals surface area contributed by atoms with Crippen molar-refractivity contribution in [2.45, 2.75) is 12.5 Å². The van der Waals surface area contributed by atoms with E-state index in [1.165, 1.54) is 0 Å². The molecular weight excluding hydrogens is 244 g/mol. The van der Waals surface area contributed by atoms with Crippen LogP contribution in [-0.4, -0.2) is 11.7 Å². The standard InChI is InChI=1S/C14H12N2O3/c15-16-11(12-6-3-7-18-12)8-13-9-4-1-2-5-10(9)14(17)19-13/h1-7,13H,8,15H2/b16-11-/t13-/m1/s1. The van der Waals surface area contributed by atoms with Gasteiger partial charge < -0.3 is 15.0 Å². The minimum Gasteiger partial charge on any atom is -0.463 e. The highest BCUT2D eigenvalue weighted by Crippen LogP contribution is 2.33. The summed E-state index contributed by atoms with van der Waals surface area (Å²) in [7, 11) is 0. The van der Waals surface area contributed by atoms with Crippen LogP contribution in [0.2, 0.25) is 0 Å². The highest BCUT2D eigenvalue weighted by Gasteiger charge is 2.32. The van der Waals surface area contributed by atoms with E-state index in [1.807, 2.05) is 18.2 Å². The first-order valence-corrected chi connectivity index (χ1v) is 5.90. The summed E-state index contributed by atoms with van der Waals surface area (Å²) in [6.45, 7) is 0. The summed E-state index contributed by atoms with van der Waals surface area (Å²) in [5, 5.41) is 3.72. The van der Waals surface area contributed by atoms with Crippen LogP contribution in [0.25, 0.3) is 0 Å². The first-order chi connectivity index (χ1) is 9.29. The lowest BCUT2D eigenvalue weighted by Gasteiger charge is -2.10. The number of carbonyl (C=O) groups excluding carboxylic acids is 1. The maximum absolute atomic E-state index is 11.7. The molecule has 0 amide bonds. The number of cyclic esters (lactones) is 1. The normalized spacial score (nSPS) is 18.2. The second kappa shape index (κ2) is 4.61. The van der Waals surface area contributed by atoms with E-state index in [-0.39, 0.29) is 12.1 Å². The Hall–Kier alpha value is -2.56. The molecule has 0 saturated heterocycles. The van der Waals surface area contributed by atoms with Crippen molar-refractivity contribution in [3.63, 3.8) is 0 Å². The number of benzene rings is 1. The van der Waals surface area contributed by atoms with E-state index in [1.54, 1.807) is 24.5 Å².